The number of benzene rings is 1. The van der Waals surface area contributed by atoms with E-state index in [1.807, 2.05) is 0 Å². The molecule has 0 bridgehead atoms. The molecular weight excluding hydrogens is 306 g/mol. The van der Waals surface area contributed by atoms with Crippen LogP contribution < -0.4 is 10.6 Å². The minimum atomic E-state index is 0.748. The molecule has 0 radical (unpaired) electrons. The summed E-state index contributed by atoms with van der Waals surface area (Å²) in [6, 6.07) is 8.27. The number of nitrogen functional groups attached to an aromatic ring is 1. The summed E-state index contributed by atoms with van der Waals surface area (Å²) in [7, 11) is 0. The molecule has 1 aromatic rings. The number of piperidine rings is 2. The molecule has 0 aliphatic carbocycles. The number of nitrogens with zero attached hydrogens (tertiary/aromatic N) is 2. The minimum absolute atomic E-state index is 0.748. The first-order valence-electron chi connectivity index (χ1n) is 10.4. The van der Waals surface area contributed by atoms with Crippen LogP contribution in [0.3, 0.4) is 0 Å². The highest BCUT2D eigenvalue weighted by atomic mass is 15.2. The predicted octanol–water partition coefficient (Wildman–Crippen LogP) is 4.70. The Morgan fingerprint density at radius 3 is 2.32 bits per heavy atom. The van der Waals surface area contributed by atoms with Crippen molar-refractivity contribution in [1.29, 1.82) is 0 Å². The monoisotopic (exact) mass is 343 g/mol. The van der Waals surface area contributed by atoms with Crippen LogP contribution >= 0.6 is 0 Å². The molecule has 2 fully saturated rings. The van der Waals surface area contributed by atoms with Gasteiger partial charge < -0.3 is 10.6 Å². The van der Waals surface area contributed by atoms with Gasteiger partial charge in [-0.25, -0.2) is 0 Å². The lowest BCUT2D eigenvalue weighted by Gasteiger charge is -2.39. The molecule has 2 unspecified atom stereocenters. The maximum Gasteiger partial charge on any atom is 0.0600 e. The number of hydrogen-bond donors (Lipinski definition) is 1. The van der Waals surface area contributed by atoms with Gasteiger partial charge in [0.1, 0.15) is 0 Å². The lowest BCUT2D eigenvalue weighted by molar-refractivity contribution is 0.102. The maximum absolute atomic E-state index is 6.39. The van der Waals surface area contributed by atoms with Crippen molar-refractivity contribution >= 4 is 11.4 Å². The first-order chi connectivity index (χ1) is 12.0. The summed E-state index contributed by atoms with van der Waals surface area (Å²) in [4.78, 5) is 5.17. The van der Waals surface area contributed by atoms with Crippen molar-refractivity contribution in [2.75, 3.05) is 30.3 Å². The molecule has 2 N–H and O–H groups in total. The van der Waals surface area contributed by atoms with Crippen molar-refractivity contribution in [3.63, 3.8) is 0 Å². The van der Waals surface area contributed by atoms with E-state index >= 15 is 0 Å². The van der Waals surface area contributed by atoms with Gasteiger partial charge >= 0.3 is 0 Å². The van der Waals surface area contributed by atoms with Crippen molar-refractivity contribution in [2.45, 2.75) is 77.8 Å². The molecule has 2 heterocycles. The van der Waals surface area contributed by atoms with E-state index in [2.05, 4.69) is 48.8 Å². The molecule has 0 amide bonds. The Bertz CT molecular complexity index is 538. The second-order valence-corrected chi connectivity index (χ2v) is 8.53. The van der Waals surface area contributed by atoms with E-state index in [0.717, 1.165) is 43.2 Å². The predicted molar refractivity (Wildman–Crippen MR) is 109 cm³/mol. The molecule has 2 aliphatic heterocycles. The Balaban J connectivity index is 1.52. The fourth-order valence-electron chi connectivity index (χ4n) is 4.68. The third kappa shape index (κ3) is 4.69. The zero-order chi connectivity index (χ0) is 17.8. The van der Waals surface area contributed by atoms with Crippen LogP contribution in [0.2, 0.25) is 0 Å². The van der Waals surface area contributed by atoms with Crippen molar-refractivity contribution < 1.29 is 0 Å². The highest BCUT2D eigenvalue weighted by molar-refractivity contribution is 5.68. The Hall–Kier alpha value is -1.22. The van der Waals surface area contributed by atoms with Gasteiger partial charge in [-0.05, 0) is 82.5 Å². The van der Waals surface area contributed by atoms with Gasteiger partial charge in [0.05, 0.1) is 11.4 Å². The summed E-state index contributed by atoms with van der Waals surface area (Å²) in [5.74, 6) is 0.858. The molecule has 2 aliphatic rings. The molecule has 0 saturated carbocycles. The number of aryl methyl sites for hydroxylation is 1. The van der Waals surface area contributed by atoms with Crippen LogP contribution in [0.4, 0.5) is 11.4 Å². The zero-order valence-corrected chi connectivity index (χ0v) is 16.5. The Morgan fingerprint density at radius 2 is 1.68 bits per heavy atom. The van der Waals surface area contributed by atoms with Gasteiger partial charge in [0.15, 0.2) is 0 Å². The van der Waals surface area contributed by atoms with Gasteiger partial charge in [-0.2, -0.15) is 0 Å². The third-order valence-corrected chi connectivity index (χ3v) is 6.47. The van der Waals surface area contributed by atoms with Crippen molar-refractivity contribution in [1.82, 2.24) is 4.90 Å². The number of likely N-dealkylation sites (tertiary alicyclic amines) is 1. The number of anilines is 2. The number of hydrogen-bond acceptors (Lipinski definition) is 3. The zero-order valence-electron chi connectivity index (χ0n) is 16.5. The van der Waals surface area contributed by atoms with Crippen LogP contribution in [0, 0.1) is 5.92 Å². The average molecular weight is 344 g/mol. The van der Waals surface area contributed by atoms with Gasteiger partial charge in [-0.3, -0.25) is 4.90 Å². The molecular formula is C22H37N3. The van der Waals surface area contributed by atoms with Gasteiger partial charge in [0, 0.05) is 25.2 Å². The van der Waals surface area contributed by atoms with Crippen LogP contribution in [0.5, 0.6) is 0 Å². The lowest BCUT2D eigenvalue weighted by Crippen LogP contribution is -2.44. The van der Waals surface area contributed by atoms with E-state index in [9.17, 15) is 0 Å². The number of nitrogens with two attached hydrogens (primary N) is 1. The molecule has 3 rings (SSSR count). The van der Waals surface area contributed by atoms with Crippen molar-refractivity contribution in [3.8, 4) is 0 Å². The van der Waals surface area contributed by atoms with Gasteiger partial charge in [-0.15, -0.1) is 0 Å². The van der Waals surface area contributed by atoms with Crippen LogP contribution in [0.1, 0.15) is 64.9 Å². The van der Waals surface area contributed by atoms with E-state index in [4.69, 9.17) is 5.73 Å². The van der Waals surface area contributed by atoms with Crippen LogP contribution in [0.15, 0.2) is 18.2 Å². The van der Waals surface area contributed by atoms with Crippen LogP contribution in [-0.2, 0) is 6.42 Å². The standard InChI is InChI=1S/C22H37N3/c1-17-11-14-24(15-12-17)22-10-9-20(16-21(22)23)8-5-13-25-18(2)6-4-7-19(25)3/h9-10,16-19H,4-8,11-15,23H2,1-3H3. The highest BCUT2D eigenvalue weighted by Gasteiger charge is 2.24. The molecule has 25 heavy (non-hydrogen) atoms. The maximum atomic E-state index is 6.39. The SMILES string of the molecule is CC1CCN(c2ccc(CCCN3C(C)CCCC3C)cc2N)CC1. The first kappa shape index (κ1) is 18.6. The molecule has 140 valence electrons. The fourth-order valence-corrected chi connectivity index (χ4v) is 4.68. The number of rotatable bonds is 5. The average Bonchev–Trinajstić information content (AvgIpc) is 2.59. The molecule has 3 nitrogen and oxygen atoms in total. The molecule has 2 atom stereocenters. The van der Waals surface area contributed by atoms with Crippen LogP contribution in [0.25, 0.3) is 0 Å². The molecule has 1 aromatic carbocycles. The Labute approximate surface area is 154 Å². The van der Waals surface area contributed by atoms with E-state index in [0.29, 0.717) is 0 Å². The summed E-state index contributed by atoms with van der Waals surface area (Å²) >= 11 is 0. The third-order valence-electron chi connectivity index (χ3n) is 6.47. The highest BCUT2D eigenvalue weighted by Crippen LogP contribution is 2.29. The van der Waals surface area contributed by atoms with Crippen molar-refractivity contribution in [3.05, 3.63) is 23.8 Å². The minimum Gasteiger partial charge on any atom is -0.397 e. The normalized spacial score (nSPS) is 26.1. The topological polar surface area (TPSA) is 32.5 Å². The molecule has 2 saturated heterocycles. The summed E-state index contributed by atoms with van der Waals surface area (Å²) in [6.45, 7) is 10.6. The second-order valence-electron chi connectivity index (χ2n) is 8.53. The van der Waals surface area contributed by atoms with Gasteiger partial charge in [0.2, 0.25) is 0 Å². The van der Waals surface area contributed by atoms with Crippen LogP contribution in [-0.4, -0.2) is 36.6 Å². The Kier molecular flexibility index (Phi) is 6.27. The van der Waals surface area contributed by atoms with E-state index in [1.54, 1.807) is 0 Å². The fraction of sp³-hybridized carbons (Fsp3) is 0.727. The van der Waals surface area contributed by atoms with Crippen molar-refractivity contribution in [2.24, 2.45) is 5.92 Å². The van der Waals surface area contributed by atoms with E-state index in [-0.39, 0.29) is 0 Å². The Morgan fingerprint density at radius 1 is 1.00 bits per heavy atom. The summed E-state index contributed by atoms with van der Waals surface area (Å²) in [6.07, 6.45) is 9.06. The summed E-state index contributed by atoms with van der Waals surface area (Å²) in [5, 5.41) is 0. The van der Waals surface area contributed by atoms with Gasteiger partial charge in [-0.1, -0.05) is 19.4 Å². The van der Waals surface area contributed by atoms with E-state index in [1.165, 1.54) is 56.3 Å². The first-order valence-corrected chi connectivity index (χ1v) is 10.4. The summed E-state index contributed by atoms with van der Waals surface area (Å²) in [5.41, 5.74) is 9.99. The quantitative estimate of drug-likeness (QED) is 0.787. The largest absolute Gasteiger partial charge is 0.397 e. The van der Waals surface area contributed by atoms with Gasteiger partial charge in [0.25, 0.3) is 0 Å². The van der Waals surface area contributed by atoms with E-state index < -0.39 is 0 Å². The lowest BCUT2D eigenvalue weighted by atomic mass is 9.96. The summed E-state index contributed by atoms with van der Waals surface area (Å²) < 4.78 is 0. The second kappa shape index (κ2) is 8.44. The smallest absolute Gasteiger partial charge is 0.0600 e. The molecule has 0 aromatic heterocycles. The molecule has 3 heteroatoms. The molecule has 0 spiro atoms.